The summed E-state index contributed by atoms with van der Waals surface area (Å²) in [6.45, 7) is 4.47. The molecule has 24 heavy (non-hydrogen) atoms. The van der Waals surface area contributed by atoms with E-state index in [1.54, 1.807) is 11.6 Å². The van der Waals surface area contributed by atoms with Crippen molar-refractivity contribution in [2.75, 3.05) is 26.2 Å². The minimum Gasteiger partial charge on any atom is -0.354 e. The predicted molar refractivity (Wildman–Crippen MR) is 84.7 cm³/mol. The van der Waals surface area contributed by atoms with Crippen LogP contribution >= 0.6 is 11.3 Å². The van der Waals surface area contributed by atoms with Gasteiger partial charge in [-0.3, -0.25) is 9.63 Å². The Morgan fingerprint density at radius 3 is 3.29 bits per heavy atom. The molecule has 2 bridgehead atoms. The number of fused-ring (bicyclic) bond motifs is 4. The first-order valence-electron chi connectivity index (χ1n) is 7.24. The third-order valence-corrected chi connectivity index (χ3v) is 4.68. The molecule has 2 atom stereocenters. The minimum atomic E-state index is -0.807. The van der Waals surface area contributed by atoms with Gasteiger partial charge in [0.25, 0.3) is 0 Å². The SMILES string of the molecule is C=CCON1C(=O)N2CC1c1scnc1C2C(=O)NCCN=[N+]=[N-]. The van der Waals surface area contributed by atoms with Gasteiger partial charge in [-0.1, -0.05) is 11.2 Å². The van der Waals surface area contributed by atoms with E-state index >= 15 is 0 Å². The van der Waals surface area contributed by atoms with Crippen LogP contribution in [0.15, 0.2) is 23.3 Å². The van der Waals surface area contributed by atoms with E-state index in [2.05, 4.69) is 26.9 Å². The summed E-state index contributed by atoms with van der Waals surface area (Å²) >= 11 is 1.39. The highest BCUT2D eigenvalue weighted by atomic mass is 32.1. The maximum absolute atomic E-state index is 12.6. The molecule has 0 radical (unpaired) electrons. The minimum absolute atomic E-state index is 0.143. The number of carbonyl (C=O) groups excluding carboxylic acids is 2. The average Bonchev–Trinajstić information content (AvgIpc) is 3.16. The first-order chi connectivity index (χ1) is 11.7. The maximum Gasteiger partial charge on any atom is 0.345 e. The molecule has 3 amide bonds. The van der Waals surface area contributed by atoms with Crippen LogP contribution in [0.5, 0.6) is 0 Å². The summed E-state index contributed by atoms with van der Waals surface area (Å²) in [5, 5.41) is 7.32. The van der Waals surface area contributed by atoms with Gasteiger partial charge in [0.1, 0.15) is 6.04 Å². The van der Waals surface area contributed by atoms with Gasteiger partial charge >= 0.3 is 6.03 Å². The van der Waals surface area contributed by atoms with E-state index in [-0.39, 0.29) is 37.7 Å². The van der Waals surface area contributed by atoms with Gasteiger partial charge in [0.15, 0.2) is 6.04 Å². The number of amides is 3. The number of rotatable bonds is 7. The molecular formula is C13H15N7O3S. The number of hydroxylamine groups is 2. The van der Waals surface area contributed by atoms with Crippen LogP contribution in [0.2, 0.25) is 0 Å². The van der Waals surface area contributed by atoms with Crippen molar-refractivity contribution in [2.24, 2.45) is 5.11 Å². The molecule has 1 saturated heterocycles. The van der Waals surface area contributed by atoms with E-state index in [0.717, 1.165) is 4.88 Å². The zero-order chi connectivity index (χ0) is 17.1. The van der Waals surface area contributed by atoms with Gasteiger partial charge in [-0.05, 0) is 5.53 Å². The Morgan fingerprint density at radius 2 is 2.54 bits per heavy atom. The summed E-state index contributed by atoms with van der Waals surface area (Å²) in [4.78, 5) is 39.7. The van der Waals surface area contributed by atoms with Gasteiger partial charge in [-0.2, -0.15) is 5.06 Å². The molecule has 11 heteroatoms. The Bertz CT molecular complexity index is 714. The second-order valence-corrected chi connectivity index (χ2v) is 6.00. The third kappa shape index (κ3) is 2.68. The summed E-state index contributed by atoms with van der Waals surface area (Å²) in [5.41, 5.74) is 10.5. The molecule has 2 unspecified atom stereocenters. The summed E-state index contributed by atoms with van der Waals surface area (Å²) in [6, 6.07) is -1.45. The van der Waals surface area contributed by atoms with E-state index in [9.17, 15) is 9.59 Å². The number of thiazole rings is 1. The molecule has 0 saturated carbocycles. The largest absolute Gasteiger partial charge is 0.354 e. The van der Waals surface area contributed by atoms with Crippen molar-refractivity contribution in [1.82, 2.24) is 20.3 Å². The monoisotopic (exact) mass is 349 g/mol. The molecule has 1 aromatic rings. The van der Waals surface area contributed by atoms with Gasteiger partial charge < -0.3 is 10.2 Å². The van der Waals surface area contributed by atoms with Crippen LogP contribution in [0, 0.1) is 0 Å². The molecule has 1 N–H and O–H groups in total. The van der Waals surface area contributed by atoms with Crippen LogP contribution in [0.4, 0.5) is 4.79 Å². The summed E-state index contributed by atoms with van der Waals surface area (Å²) in [6.07, 6.45) is 1.55. The fraction of sp³-hybridized carbons (Fsp3) is 0.462. The number of nitrogens with zero attached hydrogens (tertiary/aromatic N) is 6. The standard InChI is InChI=1S/C13H15N7O3S/c1-2-5-23-20-8-6-19(13(20)22)10(9-11(8)24-7-16-9)12(21)15-3-4-17-18-14/h2,7-8,10H,1,3-6H2,(H,15,21). The van der Waals surface area contributed by atoms with E-state index in [1.165, 1.54) is 21.3 Å². The van der Waals surface area contributed by atoms with E-state index in [4.69, 9.17) is 10.4 Å². The number of nitrogens with one attached hydrogen (secondary N) is 1. The second kappa shape index (κ2) is 6.87. The maximum atomic E-state index is 12.6. The molecule has 1 aromatic heterocycles. The highest BCUT2D eigenvalue weighted by Gasteiger charge is 2.52. The Hall–Kier alpha value is -2.62. The van der Waals surface area contributed by atoms with Gasteiger partial charge in [0.05, 0.1) is 29.2 Å². The number of hydrogen-bond donors (Lipinski definition) is 1. The zero-order valence-corrected chi connectivity index (χ0v) is 13.5. The van der Waals surface area contributed by atoms with Gasteiger partial charge in [0, 0.05) is 18.0 Å². The van der Waals surface area contributed by atoms with E-state index in [1.807, 2.05) is 0 Å². The van der Waals surface area contributed by atoms with Crippen molar-refractivity contribution in [1.29, 1.82) is 0 Å². The molecule has 0 aromatic carbocycles. The van der Waals surface area contributed by atoms with Crippen LogP contribution < -0.4 is 5.32 Å². The fourth-order valence-corrected chi connectivity index (χ4v) is 3.68. The Kier molecular flexibility index (Phi) is 4.65. The topological polar surface area (TPSA) is 124 Å². The van der Waals surface area contributed by atoms with Crippen molar-refractivity contribution >= 4 is 23.3 Å². The van der Waals surface area contributed by atoms with E-state index < -0.39 is 6.04 Å². The molecular weight excluding hydrogens is 334 g/mol. The summed E-state index contributed by atoms with van der Waals surface area (Å²) in [7, 11) is 0. The molecule has 126 valence electrons. The molecule has 2 aliphatic rings. The molecule has 2 aliphatic heterocycles. The van der Waals surface area contributed by atoms with Crippen LogP contribution in [0.25, 0.3) is 10.4 Å². The number of azide groups is 1. The number of carbonyl (C=O) groups is 2. The van der Waals surface area contributed by atoms with Crippen molar-refractivity contribution < 1.29 is 14.4 Å². The summed E-state index contributed by atoms with van der Waals surface area (Å²) < 4.78 is 0. The number of hydrogen-bond acceptors (Lipinski definition) is 6. The van der Waals surface area contributed by atoms with Gasteiger partial charge in [-0.25, -0.2) is 9.78 Å². The lowest BCUT2D eigenvalue weighted by molar-refractivity contribution is -0.126. The predicted octanol–water partition coefficient (Wildman–Crippen LogP) is 1.52. The highest BCUT2D eigenvalue weighted by molar-refractivity contribution is 7.09. The van der Waals surface area contributed by atoms with Crippen LogP contribution in [0.3, 0.4) is 0 Å². The second-order valence-electron chi connectivity index (χ2n) is 5.11. The average molecular weight is 349 g/mol. The van der Waals surface area contributed by atoms with E-state index in [0.29, 0.717) is 12.2 Å². The van der Waals surface area contributed by atoms with Crippen molar-refractivity contribution in [3.8, 4) is 0 Å². The number of aromatic nitrogens is 1. The van der Waals surface area contributed by atoms with Gasteiger partial charge in [-0.15, -0.1) is 17.9 Å². The quantitative estimate of drug-likeness (QED) is 0.263. The molecule has 0 spiro atoms. The highest BCUT2D eigenvalue weighted by Crippen LogP contribution is 2.45. The number of urea groups is 1. The zero-order valence-electron chi connectivity index (χ0n) is 12.7. The lowest BCUT2D eigenvalue weighted by Crippen LogP contribution is -2.44. The smallest absolute Gasteiger partial charge is 0.345 e. The Labute approximate surface area is 141 Å². The van der Waals surface area contributed by atoms with Crippen molar-refractivity contribution in [3.63, 3.8) is 0 Å². The first kappa shape index (κ1) is 16.2. The van der Waals surface area contributed by atoms with Crippen molar-refractivity contribution in [2.45, 2.75) is 12.1 Å². The lowest BCUT2D eigenvalue weighted by Gasteiger charge is -2.28. The van der Waals surface area contributed by atoms with Crippen LogP contribution in [-0.4, -0.2) is 53.1 Å². The third-order valence-electron chi connectivity index (χ3n) is 3.74. The van der Waals surface area contributed by atoms with Crippen LogP contribution in [0.1, 0.15) is 22.7 Å². The Balaban J connectivity index is 1.82. The molecule has 10 nitrogen and oxygen atoms in total. The molecule has 3 rings (SSSR count). The molecule has 0 aliphatic carbocycles. The molecule has 1 fully saturated rings. The van der Waals surface area contributed by atoms with Crippen molar-refractivity contribution in [3.05, 3.63) is 39.2 Å². The van der Waals surface area contributed by atoms with Crippen LogP contribution in [-0.2, 0) is 9.63 Å². The fourth-order valence-electron chi connectivity index (χ4n) is 2.78. The summed E-state index contributed by atoms with van der Waals surface area (Å²) in [5.74, 6) is -0.354. The lowest BCUT2D eigenvalue weighted by atomic mass is 10.0. The molecule has 3 heterocycles. The normalized spacial score (nSPS) is 21.2. The van der Waals surface area contributed by atoms with Gasteiger partial charge in [0.2, 0.25) is 5.91 Å². The first-order valence-corrected chi connectivity index (χ1v) is 8.12. The Morgan fingerprint density at radius 1 is 1.71 bits per heavy atom.